The summed E-state index contributed by atoms with van der Waals surface area (Å²) in [6, 6.07) is 10.5. The molecule has 0 aliphatic heterocycles. The molecule has 7 nitrogen and oxygen atoms in total. The second-order valence-electron chi connectivity index (χ2n) is 7.49. The van der Waals surface area contributed by atoms with Crippen LogP contribution in [0.5, 0.6) is 0 Å². The van der Waals surface area contributed by atoms with Crippen LogP contribution in [0.25, 0.3) is 11.3 Å². The second-order valence-corrected chi connectivity index (χ2v) is 10.0. The number of nitrogens with one attached hydrogen (secondary N) is 1. The number of halogens is 1. The van der Waals surface area contributed by atoms with E-state index in [4.69, 9.17) is 17.3 Å². The minimum absolute atomic E-state index is 0.00651. The number of primary amides is 1. The van der Waals surface area contributed by atoms with Gasteiger partial charge in [0.2, 0.25) is 11.8 Å². The zero-order chi connectivity index (χ0) is 22.8. The number of pyridine rings is 1. The van der Waals surface area contributed by atoms with E-state index in [1.54, 1.807) is 36.5 Å². The predicted octanol–water partition coefficient (Wildman–Crippen LogP) is 2.52. The first-order valence-electron chi connectivity index (χ1n) is 9.40. The number of nitrogens with zero attached hydrogens (tertiary/aromatic N) is 1. The molecule has 1 aromatic heterocycles. The Morgan fingerprint density at radius 3 is 2.55 bits per heavy atom. The number of sulfone groups is 1. The van der Waals surface area contributed by atoms with Crippen LogP contribution in [0.3, 0.4) is 0 Å². The highest BCUT2D eigenvalue weighted by atomic mass is 35.5. The number of allylic oxidation sites excluding steroid dienone is 2. The molecule has 3 N–H and O–H groups in total. The first-order valence-corrected chi connectivity index (χ1v) is 11.8. The van der Waals surface area contributed by atoms with Gasteiger partial charge in [-0.3, -0.25) is 14.6 Å². The Kier molecular flexibility index (Phi) is 6.33. The number of carbonyl (C=O) groups excluding carboxylic acids is 2. The Hall–Kier alpha value is -2.97. The molecule has 1 atom stereocenters. The van der Waals surface area contributed by atoms with Crippen LogP contribution in [0.1, 0.15) is 18.9 Å². The molecule has 0 fully saturated rings. The molecule has 31 heavy (non-hydrogen) atoms. The SMILES string of the molecule is CC(=O)NC1(c2ccc(Cl)c(-c3ccccn3)c2)CC(C(N)=O)=CC=C1CS(C)(=O)=O. The van der Waals surface area contributed by atoms with E-state index in [9.17, 15) is 18.0 Å². The summed E-state index contributed by atoms with van der Waals surface area (Å²) in [6.45, 7) is 1.33. The molecule has 0 saturated heterocycles. The van der Waals surface area contributed by atoms with Gasteiger partial charge in [-0.1, -0.05) is 35.9 Å². The highest BCUT2D eigenvalue weighted by Gasteiger charge is 2.42. The van der Waals surface area contributed by atoms with Crippen molar-refractivity contribution in [3.63, 3.8) is 0 Å². The van der Waals surface area contributed by atoms with Crippen LogP contribution >= 0.6 is 11.6 Å². The van der Waals surface area contributed by atoms with E-state index < -0.39 is 21.3 Å². The number of rotatable bonds is 6. The third kappa shape index (κ3) is 5.03. The van der Waals surface area contributed by atoms with Gasteiger partial charge in [-0.25, -0.2) is 8.42 Å². The normalized spacial score (nSPS) is 18.7. The fraction of sp³-hybridized carbons (Fsp3) is 0.227. The van der Waals surface area contributed by atoms with E-state index in [-0.39, 0.29) is 23.7 Å². The van der Waals surface area contributed by atoms with Gasteiger partial charge in [-0.15, -0.1) is 0 Å². The molecular weight excluding hydrogens is 438 g/mol. The Bertz CT molecular complexity index is 1210. The third-order valence-corrected chi connectivity index (χ3v) is 6.18. The summed E-state index contributed by atoms with van der Waals surface area (Å²) in [7, 11) is -3.45. The minimum atomic E-state index is -3.45. The molecule has 1 aromatic carbocycles. The summed E-state index contributed by atoms with van der Waals surface area (Å²) in [5.74, 6) is -1.35. The first-order chi connectivity index (χ1) is 14.5. The summed E-state index contributed by atoms with van der Waals surface area (Å²) in [6.07, 6.45) is 5.78. The van der Waals surface area contributed by atoms with Crippen molar-refractivity contribution < 1.29 is 18.0 Å². The van der Waals surface area contributed by atoms with E-state index in [0.717, 1.165) is 6.26 Å². The smallest absolute Gasteiger partial charge is 0.244 e. The first kappa shape index (κ1) is 22.7. The number of aromatic nitrogens is 1. The van der Waals surface area contributed by atoms with Gasteiger partial charge >= 0.3 is 0 Å². The van der Waals surface area contributed by atoms with Gasteiger partial charge in [0.25, 0.3) is 0 Å². The zero-order valence-corrected chi connectivity index (χ0v) is 18.6. The molecule has 0 spiro atoms. The van der Waals surface area contributed by atoms with E-state index in [0.29, 0.717) is 27.4 Å². The zero-order valence-electron chi connectivity index (χ0n) is 17.1. The van der Waals surface area contributed by atoms with Crippen molar-refractivity contribution in [2.45, 2.75) is 18.9 Å². The molecule has 0 radical (unpaired) electrons. The molecule has 0 bridgehead atoms. The second kappa shape index (κ2) is 8.64. The lowest BCUT2D eigenvalue weighted by molar-refractivity contribution is -0.121. The van der Waals surface area contributed by atoms with Gasteiger partial charge in [0.15, 0.2) is 9.84 Å². The number of carbonyl (C=O) groups is 2. The third-order valence-electron chi connectivity index (χ3n) is 5.01. The maximum absolute atomic E-state index is 12.2. The number of hydrogen-bond acceptors (Lipinski definition) is 5. The fourth-order valence-corrected chi connectivity index (χ4v) is 4.84. The molecule has 0 saturated carbocycles. The van der Waals surface area contributed by atoms with Crippen LogP contribution in [0.4, 0.5) is 0 Å². The van der Waals surface area contributed by atoms with Crippen molar-refractivity contribution in [1.29, 1.82) is 0 Å². The maximum atomic E-state index is 12.2. The molecule has 2 amide bonds. The Balaban J connectivity index is 2.27. The highest BCUT2D eigenvalue weighted by molar-refractivity contribution is 7.90. The van der Waals surface area contributed by atoms with Crippen LogP contribution in [-0.2, 0) is 25.0 Å². The number of hydrogen-bond donors (Lipinski definition) is 2. The molecule has 1 aliphatic rings. The van der Waals surface area contributed by atoms with Gasteiger partial charge in [0.1, 0.15) is 0 Å². The van der Waals surface area contributed by atoms with Crippen LogP contribution in [0.2, 0.25) is 5.02 Å². The van der Waals surface area contributed by atoms with Crippen molar-refractivity contribution in [3.05, 3.63) is 76.5 Å². The van der Waals surface area contributed by atoms with Gasteiger partial charge in [0, 0.05) is 42.0 Å². The summed E-state index contributed by atoms with van der Waals surface area (Å²) < 4.78 is 24.3. The minimum Gasteiger partial charge on any atom is -0.366 e. The van der Waals surface area contributed by atoms with E-state index >= 15 is 0 Å². The van der Waals surface area contributed by atoms with Crippen LogP contribution < -0.4 is 11.1 Å². The van der Waals surface area contributed by atoms with Crippen LogP contribution in [0, 0.1) is 0 Å². The summed E-state index contributed by atoms with van der Waals surface area (Å²) in [4.78, 5) is 28.5. The average molecular weight is 460 g/mol. The Labute approximate surface area is 185 Å². The standard InChI is InChI=1S/C22H22ClN3O4S/c1-14(27)26-22(12-15(21(24)28)6-7-17(22)13-31(2,29)30)16-8-9-19(23)18(11-16)20-5-3-4-10-25-20/h3-11H,12-13H2,1-2H3,(H2,24,28)(H,26,27). The van der Waals surface area contributed by atoms with Gasteiger partial charge < -0.3 is 11.1 Å². The van der Waals surface area contributed by atoms with Crippen LogP contribution in [-0.4, -0.2) is 37.2 Å². The Morgan fingerprint density at radius 1 is 1.23 bits per heavy atom. The van der Waals surface area contributed by atoms with Crippen LogP contribution in [0.15, 0.2) is 65.9 Å². The monoisotopic (exact) mass is 459 g/mol. The summed E-state index contributed by atoms with van der Waals surface area (Å²) >= 11 is 6.42. The lowest BCUT2D eigenvalue weighted by atomic mass is 9.74. The van der Waals surface area contributed by atoms with Crippen molar-refractivity contribution >= 4 is 33.3 Å². The average Bonchev–Trinajstić information content (AvgIpc) is 2.68. The molecule has 1 unspecified atom stereocenters. The molecule has 9 heteroatoms. The van der Waals surface area contributed by atoms with Gasteiger partial charge in [-0.2, -0.15) is 0 Å². The van der Waals surface area contributed by atoms with Crippen molar-refractivity contribution in [3.8, 4) is 11.3 Å². The summed E-state index contributed by atoms with van der Waals surface area (Å²) in [5.41, 5.74) is 6.70. The quantitative estimate of drug-likeness (QED) is 0.687. The molecule has 1 heterocycles. The molecule has 1 aliphatic carbocycles. The number of amides is 2. The molecule has 162 valence electrons. The van der Waals surface area contributed by atoms with Gasteiger partial charge in [0.05, 0.1) is 17.0 Å². The van der Waals surface area contributed by atoms with E-state index in [1.165, 1.54) is 19.1 Å². The lowest BCUT2D eigenvalue weighted by Crippen LogP contribution is -2.50. The number of nitrogens with two attached hydrogens (primary N) is 1. The van der Waals surface area contributed by atoms with E-state index in [1.807, 2.05) is 6.07 Å². The topological polar surface area (TPSA) is 119 Å². The largest absolute Gasteiger partial charge is 0.366 e. The van der Waals surface area contributed by atoms with E-state index in [2.05, 4.69) is 10.3 Å². The molecule has 2 aromatic rings. The molecular formula is C22H22ClN3O4S. The summed E-state index contributed by atoms with van der Waals surface area (Å²) in [5, 5.41) is 3.32. The van der Waals surface area contributed by atoms with Crippen molar-refractivity contribution in [2.24, 2.45) is 5.73 Å². The lowest BCUT2D eigenvalue weighted by Gasteiger charge is -2.40. The maximum Gasteiger partial charge on any atom is 0.244 e. The van der Waals surface area contributed by atoms with Gasteiger partial charge in [-0.05, 0) is 35.4 Å². The molecule has 3 rings (SSSR count). The number of benzene rings is 1. The fourth-order valence-electron chi connectivity index (χ4n) is 3.72. The Morgan fingerprint density at radius 2 is 1.97 bits per heavy atom. The van der Waals surface area contributed by atoms with Crippen molar-refractivity contribution in [1.82, 2.24) is 10.3 Å². The van der Waals surface area contributed by atoms with Crippen molar-refractivity contribution in [2.75, 3.05) is 12.0 Å². The predicted molar refractivity (Wildman–Crippen MR) is 120 cm³/mol. The highest BCUT2D eigenvalue weighted by Crippen LogP contribution is 2.42.